The number of hydrogen-bond donors (Lipinski definition) is 8. The van der Waals surface area contributed by atoms with Crippen molar-refractivity contribution in [2.24, 2.45) is 17.8 Å². The highest BCUT2D eigenvalue weighted by Gasteiger charge is 2.36. The molecule has 8 N–H and O–H groups in total. The Bertz CT molecular complexity index is 1460. The molecule has 0 spiro atoms. The summed E-state index contributed by atoms with van der Waals surface area (Å²) in [6, 6.07) is 0.901. The van der Waals surface area contributed by atoms with E-state index >= 15 is 0 Å². The van der Waals surface area contributed by atoms with E-state index in [0.29, 0.717) is 18.4 Å². The predicted molar refractivity (Wildman–Crippen MR) is 202 cm³/mol. The van der Waals surface area contributed by atoms with E-state index in [9.17, 15) is 48.6 Å². The van der Waals surface area contributed by atoms with Gasteiger partial charge in [-0.2, -0.15) is 0 Å². The number of hydrogen-bond acceptors (Lipinski definition) is 9. The van der Waals surface area contributed by atoms with Crippen LogP contribution in [0.2, 0.25) is 0 Å². The summed E-state index contributed by atoms with van der Waals surface area (Å²) in [5, 5.41) is 34.3. The van der Waals surface area contributed by atoms with Gasteiger partial charge in [0.25, 0.3) is 0 Å². The summed E-state index contributed by atoms with van der Waals surface area (Å²) in [5.41, 5.74) is 0.607. The zero-order chi connectivity index (χ0) is 41.8. The number of carboxylic acids is 2. The number of nitrogens with one attached hydrogen (secondary N) is 6. The molecule has 55 heavy (non-hydrogen) atoms. The van der Waals surface area contributed by atoms with Crippen molar-refractivity contribution in [2.75, 3.05) is 13.7 Å². The van der Waals surface area contributed by atoms with Crippen LogP contribution in [-0.4, -0.2) is 108 Å². The molecule has 0 aliphatic rings. The molecule has 0 heterocycles. The predicted octanol–water partition coefficient (Wildman–Crippen LogP) is 0.892. The maximum Gasteiger partial charge on any atom is 0.326 e. The number of carboxylic acid groups (broad SMARTS) is 2. The molecule has 0 fully saturated rings. The van der Waals surface area contributed by atoms with Crippen LogP contribution in [0.3, 0.4) is 0 Å². The number of aliphatic carboxylic acids is 2. The Balaban J connectivity index is 3.40. The van der Waals surface area contributed by atoms with Crippen LogP contribution in [0.15, 0.2) is 30.3 Å². The lowest BCUT2D eigenvalue weighted by molar-refractivity contribution is -0.143. The molecular weight excluding hydrogens is 716 g/mol. The lowest BCUT2D eigenvalue weighted by Crippen LogP contribution is -2.62. The maximum absolute atomic E-state index is 14.0. The van der Waals surface area contributed by atoms with E-state index in [1.165, 1.54) is 14.0 Å². The largest absolute Gasteiger partial charge is 0.481 e. The number of carbonyl (C=O) groups is 8. The van der Waals surface area contributed by atoms with Crippen molar-refractivity contribution < 1.29 is 53.3 Å². The lowest BCUT2D eigenvalue weighted by Gasteiger charge is -2.31. The highest BCUT2D eigenvalue weighted by atomic mass is 16.5. The number of amides is 6. The van der Waals surface area contributed by atoms with Gasteiger partial charge in [-0.15, -0.1) is 0 Å². The fourth-order valence-corrected chi connectivity index (χ4v) is 5.45. The van der Waals surface area contributed by atoms with Crippen LogP contribution in [0.5, 0.6) is 0 Å². The second-order valence-electron chi connectivity index (χ2n) is 14.0. The smallest absolute Gasteiger partial charge is 0.326 e. The van der Waals surface area contributed by atoms with Gasteiger partial charge in [-0.1, -0.05) is 91.6 Å². The summed E-state index contributed by atoms with van der Waals surface area (Å²) in [5.74, 6) is -8.36. The van der Waals surface area contributed by atoms with Crippen LogP contribution in [-0.2, 0) is 49.5 Å². The fourth-order valence-electron chi connectivity index (χ4n) is 5.45. The van der Waals surface area contributed by atoms with E-state index in [-0.39, 0.29) is 31.8 Å². The zero-order valence-electron chi connectivity index (χ0n) is 33.1. The van der Waals surface area contributed by atoms with Gasteiger partial charge in [0, 0.05) is 20.0 Å². The standard InChI is InChI=1S/C38H60N6O11/c1-9-22(6)31(42-28(45)17-18-55-8)37(52)43-30(21(4)5)35(50)44-32(23(7)10-2)36(51)41-26(19-24-15-13-12-14-16-24)33(48)40-27(20-29(46)47)34(49)39-25(11-3)38(53)54/h12-16,21-23,25-27,30-32H,9-11,17-20H2,1-8H3,(H,39,49)(H,40,48)(H,41,51)(H,42,45)(H,43,52)(H,44,50)(H,46,47)(H,53,54)/t22-,23-,25?,26-,27-,30-,31-,32?/m0/s1. The molecule has 0 saturated carbocycles. The third kappa shape index (κ3) is 16.5. The van der Waals surface area contributed by atoms with Crippen molar-refractivity contribution in [3.8, 4) is 0 Å². The van der Waals surface area contributed by atoms with Gasteiger partial charge in [0.2, 0.25) is 35.4 Å². The quantitative estimate of drug-likeness (QED) is 0.0692. The van der Waals surface area contributed by atoms with Gasteiger partial charge < -0.3 is 46.9 Å². The summed E-state index contributed by atoms with van der Waals surface area (Å²) in [4.78, 5) is 104. The van der Waals surface area contributed by atoms with E-state index in [4.69, 9.17) is 4.74 Å². The molecule has 0 aromatic heterocycles. The Labute approximate surface area is 322 Å². The van der Waals surface area contributed by atoms with Crippen LogP contribution in [0.4, 0.5) is 0 Å². The molecule has 6 amide bonds. The first-order valence-corrected chi connectivity index (χ1v) is 18.7. The first-order valence-electron chi connectivity index (χ1n) is 18.7. The Kier molecular flexibility index (Phi) is 21.2. The Morgan fingerprint density at radius 2 is 1.07 bits per heavy atom. The molecule has 1 aromatic carbocycles. The summed E-state index contributed by atoms with van der Waals surface area (Å²) in [6.07, 6.45) is 0.0398. The fraction of sp³-hybridized carbons (Fsp3) is 0.632. The number of carbonyl (C=O) groups excluding carboxylic acids is 6. The van der Waals surface area contributed by atoms with Crippen LogP contribution in [0.1, 0.15) is 86.1 Å². The van der Waals surface area contributed by atoms with Crippen molar-refractivity contribution in [3.05, 3.63) is 35.9 Å². The van der Waals surface area contributed by atoms with E-state index in [2.05, 4.69) is 31.9 Å². The highest BCUT2D eigenvalue weighted by Crippen LogP contribution is 2.14. The van der Waals surface area contributed by atoms with Gasteiger partial charge in [0.1, 0.15) is 36.3 Å². The molecule has 17 nitrogen and oxygen atoms in total. The molecule has 0 aliphatic carbocycles. The molecule has 0 saturated heterocycles. The summed E-state index contributed by atoms with van der Waals surface area (Å²) >= 11 is 0. The summed E-state index contributed by atoms with van der Waals surface area (Å²) in [7, 11) is 1.45. The monoisotopic (exact) mass is 776 g/mol. The summed E-state index contributed by atoms with van der Waals surface area (Å²) in [6.45, 7) is 12.3. The number of rotatable bonds is 25. The third-order valence-electron chi connectivity index (χ3n) is 9.34. The molecule has 1 aromatic rings. The zero-order valence-corrected chi connectivity index (χ0v) is 33.1. The minimum absolute atomic E-state index is 0.00451. The summed E-state index contributed by atoms with van der Waals surface area (Å²) < 4.78 is 4.96. The molecule has 308 valence electrons. The van der Waals surface area contributed by atoms with Gasteiger partial charge in [-0.3, -0.25) is 33.6 Å². The van der Waals surface area contributed by atoms with Crippen LogP contribution < -0.4 is 31.9 Å². The molecule has 0 radical (unpaired) electrons. The van der Waals surface area contributed by atoms with Gasteiger partial charge in [-0.05, 0) is 29.7 Å². The molecule has 8 atom stereocenters. The van der Waals surface area contributed by atoms with Crippen molar-refractivity contribution in [1.29, 1.82) is 0 Å². The number of ether oxygens (including phenoxy) is 1. The SMILES string of the molecule is CCC(NC(=O)[C@H](CC(=O)O)NC(=O)[C@H](Cc1ccccc1)NC(=O)C(NC(=O)[C@@H](NC(=O)[C@@H](NC(=O)CCOC)[C@@H](C)CC)C(C)C)[C@@H](C)CC)C(=O)O. The van der Waals surface area contributed by atoms with Gasteiger partial charge in [-0.25, -0.2) is 4.79 Å². The second-order valence-corrected chi connectivity index (χ2v) is 14.0. The maximum atomic E-state index is 14.0. The lowest BCUT2D eigenvalue weighted by atomic mass is 9.94. The van der Waals surface area contributed by atoms with E-state index in [1.54, 1.807) is 65.0 Å². The van der Waals surface area contributed by atoms with Crippen molar-refractivity contribution in [1.82, 2.24) is 31.9 Å². The minimum Gasteiger partial charge on any atom is -0.481 e. The van der Waals surface area contributed by atoms with Crippen LogP contribution in [0.25, 0.3) is 0 Å². The Morgan fingerprint density at radius 3 is 1.56 bits per heavy atom. The molecule has 2 unspecified atom stereocenters. The minimum atomic E-state index is -1.68. The first kappa shape index (κ1) is 48.0. The third-order valence-corrected chi connectivity index (χ3v) is 9.34. The number of benzene rings is 1. The molecular formula is C38H60N6O11. The average molecular weight is 777 g/mol. The van der Waals surface area contributed by atoms with Crippen LogP contribution in [0, 0.1) is 17.8 Å². The van der Waals surface area contributed by atoms with Gasteiger partial charge in [0.05, 0.1) is 13.0 Å². The van der Waals surface area contributed by atoms with Crippen LogP contribution >= 0.6 is 0 Å². The molecule has 0 bridgehead atoms. The van der Waals surface area contributed by atoms with Gasteiger partial charge in [0.15, 0.2) is 0 Å². The van der Waals surface area contributed by atoms with E-state index in [0.717, 1.165) is 0 Å². The second kappa shape index (κ2) is 24.4. The Hall–Kier alpha value is -5.06. The van der Waals surface area contributed by atoms with E-state index in [1.807, 2.05) is 6.92 Å². The normalized spacial score (nSPS) is 15.4. The number of methoxy groups -OCH3 is 1. The van der Waals surface area contributed by atoms with Crippen molar-refractivity contribution in [3.63, 3.8) is 0 Å². The molecule has 0 aliphatic heterocycles. The topological polar surface area (TPSA) is 258 Å². The Morgan fingerprint density at radius 1 is 0.600 bits per heavy atom. The first-order chi connectivity index (χ1) is 25.9. The van der Waals surface area contributed by atoms with E-state index < -0.39 is 102 Å². The molecule has 1 rings (SSSR count). The van der Waals surface area contributed by atoms with Crippen molar-refractivity contribution >= 4 is 47.4 Å². The highest BCUT2D eigenvalue weighted by molar-refractivity contribution is 5.97. The van der Waals surface area contributed by atoms with Crippen molar-refractivity contribution in [2.45, 2.75) is 123 Å². The molecule has 17 heteroatoms. The average Bonchev–Trinajstić information content (AvgIpc) is 3.14. The van der Waals surface area contributed by atoms with Gasteiger partial charge >= 0.3 is 11.9 Å².